The molecule has 0 fully saturated rings. The van der Waals surface area contributed by atoms with E-state index >= 15 is 0 Å². The number of fused-ring (bicyclic) bond motifs is 1. The molecule has 0 aliphatic heterocycles. The van der Waals surface area contributed by atoms with Gasteiger partial charge in [0.15, 0.2) is 15.5 Å². The van der Waals surface area contributed by atoms with Crippen molar-refractivity contribution < 1.29 is 18.3 Å². The molecule has 0 saturated heterocycles. The lowest BCUT2D eigenvalue weighted by Gasteiger charge is -2.12. The lowest BCUT2D eigenvalue weighted by Crippen LogP contribution is -2.07. The molecule has 0 aliphatic carbocycles. The molecule has 0 bridgehead atoms. The van der Waals surface area contributed by atoms with Crippen molar-refractivity contribution in [1.82, 2.24) is 15.2 Å². The maximum Gasteiger partial charge on any atom is 0.355 e. The molecule has 0 saturated carbocycles. The predicted molar refractivity (Wildman–Crippen MR) is 84.1 cm³/mol. The molecule has 2 aromatic heterocycles. The Kier molecular flexibility index (Phi) is 3.41. The third kappa shape index (κ3) is 2.46. The Labute approximate surface area is 131 Å². The number of H-pyrrole nitrogens is 1. The van der Waals surface area contributed by atoms with Crippen LogP contribution in [0.4, 0.5) is 0 Å². The molecule has 7 nitrogen and oxygen atoms in total. The van der Waals surface area contributed by atoms with Crippen LogP contribution in [0.25, 0.3) is 22.0 Å². The van der Waals surface area contributed by atoms with Gasteiger partial charge < -0.3 is 5.11 Å². The summed E-state index contributed by atoms with van der Waals surface area (Å²) >= 11 is 0. The van der Waals surface area contributed by atoms with Gasteiger partial charge in [0.05, 0.1) is 11.1 Å². The highest BCUT2D eigenvalue weighted by Crippen LogP contribution is 2.35. The Morgan fingerprint density at radius 3 is 2.61 bits per heavy atom. The van der Waals surface area contributed by atoms with Gasteiger partial charge in [-0.3, -0.25) is 5.10 Å². The first kappa shape index (κ1) is 15.2. The lowest BCUT2D eigenvalue weighted by molar-refractivity contribution is 0.0691. The number of carboxylic acids is 1. The SMILES string of the molecule is Cc1[nH]nc2cnc(C(=O)O)c(-c3ccccc3S(C)(=O)=O)c12. The van der Waals surface area contributed by atoms with Gasteiger partial charge in [-0.1, -0.05) is 18.2 Å². The van der Waals surface area contributed by atoms with E-state index in [1.807, 2.05) is 0 Å². The van der Waals surface area contributed by atoms with E-state index in [9.17, 15) is 18.3 Å². The molecule has 118 valence electrons. The number of rotatable bonds is 3. The number of carboxylic acid groups (broad SMARTS) is 1. The van der Waals surface area contributed by atoms with Gasteiger partial charge in [0.25, 0.3) is 0 Å². The van der Waals surface area contributed by atoms with Crippen LogP contribution in [0.2, 0.25) is 0 Å². The summed E-state index contributed by atoms with van der Waals surface area (Å²) in [5, 5.41) is 16.9. The molecule has 0 aliphatic rings. The van der Waals surface area contributed by atoms with Crippen LogP contribution in [0.15, 0.2) is 35.4 Å². The second kappa shape index (κ2) is 5.17. The minimum atomic E-state index is -3.54. The molecule has 0 unspecified atom stereocenters. The number of aromatic amines is 1. The number of nitrogens with zero attached hydrogens (tertiary/aromatic N) is 2. The van der Waals surface area contributed by atoms with Crippen molar-refractivity contribution in [2.75, 3.05) is 6.26 Å². The molecule has 0 radical (unpaired) electrons. The molecular formula is C15H13N3O4S. The number of aromatic nitrogens is 3. The normalized spacial score (nSPS) is 11.7. The summed E-state index contributed by atoms with van der Waals surface area (Å²) in [6.07, 6.45) is 2.44. The third-order valence-corrected chi connectivity index (χ3v) is 4.69. The predicted octanol–water partition coefficient (Wildman–Crippen LogP) is 2.04. The van der Waals surface area contributed by atoms with E-state index in [2.05, 4.69) is 15.2 Å². The average Bonchev–Trinajstić information content (AvgIpc) is 2.87. The van der Waals surface area contributed by atoms with Crippen LogP contribution in [-0.4, -0.2) is 40.9 Å². The topological polar surface area (TPSA) is 113 Å². The summed E-state index contributed by atoms with van der Waals surface area (Å²) in [4.78, 5) is 15.6. The molecule has 1 aromatic carbocycles. The van der Waals surface area contributed by atoms with E-state index in [4.69, 9.17) is 0 Å². The van der Waals surface area contributed by atoms with E-state index in [1.54, 1.807) is 25.1 Å². The molecule has 2 heterocycles. The highest BCUT2D eigenvalue weighted by molar-refractivity contribution is 7.90. The molecule has 23 heavy (non-hydrogen) atoms. The zero-order chi connectivity index (χ0) is 16.8. The fourth-order valence-corrected chi connectivity index (χ4v) is 3.48. The van der Waals surface area contributed by atoms with Gasteiger partial charge >= 0.3 is 5.97 Å². The fraction of sp³-hybridized carbons (Fsp3) is 0.133. The number of aromatic carboxylic acids is 1. The van der Waals surface area contributed by atoms with Crippen molar-refractivity contribution in [2.24, 2.45) is 0 Å². The number of hydrogen-bond donors (Lipinski definition) is 2. The van der Waals surface area contributed by atoms with Crippen LogP contribution in [0, 0.1) is 6.92 Å². The van der Waals surface area contributed by atoms with E-state index < -0.39 is 15.8 Å². The Morgan fingerprint density at radius 2 is 1.96 bits per heavy atom. The summed E-state index contributed by atoms with van der Waals surface area (Å²) in [5.41, 5.74) is 1.46. The van der Waals surface area contributed by atoms with Crippen LogP contribution in [0.5, 0.6) is 0 Å². The first-order valence-electron chi connectivity index (χ1n) is 6.67. The van der Waals surface area contributed by atoms with Crippen molar-refractivity contribution in [3.63, 3.8) is 0 Å². The molecule has 0 spiro atoms. The van der Waals surface area contributed by atoms with Crippen molar-refractivity contribution in [3.8, 4) is 11.1 Å². The van der Waals surface area contributed by atoms with Crippen molar-refractivity contribution in [3.05, 3.63) is 41.9 Å². The summed E-state index contributed by atoms with van der Waals surface area (Å²) in [7, 11) is -3.54. The summed E-state index contributed by atoms with van der Waals surface area (Å²) in [5.74, 6) is -1.23. The molecule has 0 atom stereocenters. The van der Waals surface area contributed by atoms with E-state index in [1.165, 1.54) is 12.3 Å². The molecule has 0 amide bonds. The zero-order valence-corrected chi connectivity index (χ0v) is 13.2. The third-order valence-electron chi connectivity index (χ3n) is 3.54. The zero-order valence-electron chi connectivity index (χ0n) is 12.4. The Balaban J connectivity index is 2.52. The molecule has 3 aromatic rings. The quantitative estimate of drug-likeness (QED) is 0.759. The number of sulfone groups is 1. The lowest BCUT2D eigenvalue weighted by atomic mass is 9.99. The molecule has 2 N–H and O–H groups in total. The van der Waals surface area contributed by atoms with E-state index in [-0.39, 0.29) is 16.2 Å². The maximum absolute atomic E-state index is 12.1. The fourth-order valence-electron chi connectivity index (χ4n) is 2.59. The maximum atomic E-state index is 12.1. The Bertz CT molecular complexity index is 1040. The molecule has 8 heteroatoms. The minimum absolute atomic E-state index is 0.0531. The van der Waals surface area contributed by atoms with E-state index in [0.717, 1.165) is 6.26 Å². The number of nitrogens with one attached hydrogen (secondary N) is 1. The minimum Gasteiger partial charge on any atom is -0.476 e. The first-order valence-corrected chi connectivity index (χ1v) is 8.56. The number of pyridine rings is 1. The number of benzene rings is 1. The van der Waals surface area contributed by atoms with Crippen LogP contribution < -0.4 is 0 Å². The van der Waals surface area contributed by atoms with Crippen LogP contribution in [0.3, 0.4) is 0 Å². The largest absolute Gasteiger partial charge is 0.476 e. The second-order valence-electron chi connectivity index (χ2n) is 5.16. The standard InChI is InChI=1S/C15H13N3O4S/c1-8-12-10(18-17-8)7-16-14(15(19)20)13(12)9-5-3-4-6-11(9)23(2,21)22/h3-7H,1-2H3,(H,17,18)(H,19,20). The second-order valence-corrected chi connectivity index (χ2v) is 7.15. The monoisotopic (exact) mass is 331 g/mol. The van der Waals surface area contributed by atoms with Crippen LogP contribution in [-0.2, 0) is 9.84 Å². The van der Waals surface area contributed by atoms with Gasteiger partial charge in [-0.25, -0.2) is 18.2 Å². The number of aryl methyl sites for hydroxylation is 1. The Hall–Kier alpha value is -2.74. The number of hydrogen-bond acceptors (Lipinski definition) is 5. The average molecular weight is 331 g/mol. The van der Waals surface area contributed by atoms with Gasteiger partial charge in [-0.15, -0.1) is 0 Å². The summed E-state index contributed by atoms with van der Waals surface area (Å²) < 4.78 is 24.2. The number of carbonyl (C=O) groups is 1. The molecule has 3 rings (SSSR count). The highest BCUT2D eigenvalue weighted by Gasteiger charge is 2.24. The first-order chi connectivity index (χ1) is 10.8. The van der Waals surface area contributed by atoms with Gasteiger partial charge in [-0.2, -0.15) is 5.10 Å². The van der Waals surface area contributed by atoms with Crippen molar-refractivity contribution >= 4 is 26.7 Å². The van der Waals surface area contributed by atoms with E-state index in [0.29, 0.717) is 22.2 Å². The van der Waals surface area contributed by atoms with Crippen LogP contribution >= 0.6 is 0 Å². The molecular weight excluding hydrogens is 318 g/mol. The van der Waals surface area contributed by atoms with Crippen molar-refractivity contribution in [1.29, 1.82) is 0 Å². The summed E-state index contributed by atoms with van der Waals surface area (Å²) in [6.45, 7) is 1.74. The van der Waals surface area contributed by atoms with Gasteiger partial charge in [0.2, 0.25) is 0 Å². The van der Waals surface area contributed by atoms with Gasteiger partial charge in [0, 0.05) is 28.5 Å². The van der Waals surface area contributed by atoms with Crippen molar-refractivity contribution in [2.45, 2.75) is 11.8 Å². The van der Waals surface area contributed by atoms with Crippen LogP contribution in [0.1, 0.15) is 16.2 Å². The van der Waals surface area contributed by atoms with Gasteiger partial charge in [-0.05, 0) is 13.0 Å². The summed E-state index contributed by atoms with van der Waals surface area (Å²) in [6, 6.07) is 6.27. The smallest absolute Gasteiger partial charge is 0.355 e. The highest BCUT2D eigenvalue weighted by atomic mass is 32.2. The van der Waals surface area contributed by atoms with Gasteiger partial charge in [0.1, 0.15) is 5.52 Å². The Morgan fingerprint density at radius 1 is 1.26 bits per heavy atom.